The topological polar surface area (TPSA) is 12.5 Å². The molecule has 0 aromatic rings. The van der Waals surface area contributed by atoms with Gasteiger partial charge >= 0.3 is 6.18 Å². The molecule has 0 unspecified atom stereocenters. The molecule has 0 aliphatic rings. The summed E-state index contributed by atoms with van der Waals surface area (Å²) in [7, 11) is 1.47. The van der Waals surface area contributed by atoms with Crippen LogP contribution in [0.25, 0.3) is 0 Å². The summed E-state index contributed by atoms with van der Waals surface area (Å²) in [5, 5.41) is 0. The van der Waals surface area contributed by atoms with Crippen LogP contribution in [0.2, 0.25) is 0 Å². The number of hydrogen-bond acceptors (Lipinski definition) is 2. The number of ether oxygens (including phenoxy) is 1. The predicted molar refractivity (Wildman–Crippen MR) is 62.7 cm³/mol. The van der Waals surface area contributed by atoms with E-state index in [1.165, 1.54) is 12.0 Å². The predicted octanol–water partition coefficient (Wildman–Crippen LogP) is 3.57. The first kappa shape index (κ1) is 21.0. The Balaban J connectivity index is -0.000000376. The quantitative estimate of drug-likeness (QED) is 0.734. The third kappa shape index (κ3) is 19.3. The molecule has 0 amide bonds. The fourth-order valence-corrected chi connectivity index (χ4v) is 0.823. The first-order valence-corrected chi connectivity index (χ1v) is 5.77. The Morgan fingerprint density at radius 3 is 1.75 bits per heavy atom. The van der Waals surface area contributed by atoms with Gasteiger partial charge in [-0.2, -0.15) is 13.2 Å². The molecule has 0 radical (unpaired) electrons. The van der Waals surface area contributed by atoms with Gasteiger partial charge in [-0.15, -0.1) is 0 Å². The molecule has 0 aliphatic carbocycles. The molecule has 16 heavy (non-hydrogen) atoms. The molecule has 0 fully saturated rings. The van der Waals surface area contributed by atoms with Gasteiger partial charge in [-0.1, -0.05) is 34.6 Å². The summed E-state index contributed by atoms with van der Waals surface area (Å²) in [6.45, 7) is 9.90. The fourth-order valence-electron chi connectivity index (χ4n) is 0.823. The lowest BCUT2D eigenvalue weighted by Crippen LogP contribution is -2.36. The standard InChI is InChI=1S/C7H14F3NO.2C2H6/c1-3-11(4-5-12-2)6-7(8,9)10;2*1-2/h3-6H2,1-2H3;2*1-2H3. The van der Waals surface area contributed by atoms with Crippen LogP contribution in [-0.4, -0.2) is 44.4 Å². The molecule has 0 saturated heterocycles. The second-order valence-electron chi connectivity index (χ2n) is 2.48. The Bertz CT molecular complexity index is 118. The molecule has 0 bridgehead atoms. The van der Waals surface area contributed by atoms with Crippen LogP contribution in [0.15, 0.2) is 0 Å². The van der Waals surface area contributed by atoms with Crippen LogP contribution in [0.5, 0.6) is 0 Å². The van der Waals surface area contributed by atoms with Gasteiger partial charge in [-0.05, 0) is 6.54 Å². The van der Waals surface area contributed by atoms with Crippen LogP contribution >= 0.6 is 0 Å². The Kier molecular flexibility index (Phi) is 19.3. The van der Waals surface area contributed by atoms with Gasteiger partial charge < -0.3 is 4.74 Å². The molecule has 0 rings (SSSR count). The van der Waals surface area contributed by atoms with E-state index in [1.807, 2.05) is 27.7 Å². The van der Waals surface area contributed by atoms with Crippen molar-refractivity contribution in [3.8, 4) is 0 Å². The number of rotatable bonds is 5. The van der Waals surface area contributed by atoms with E-state index in [2.05, 4.69) is 4.74 Å². The molecule has 5 heteroatoms. The van der Waals surface area contributed by atoms with E-state index in [4.69, 9.17) is 0 Å². The number of hydrogen-bond donors (Lipinski definition) is 0. The highest BCUT2D eigenvalue weighted by molar-refractivity contribution is 4.60. The normalized spacial score (nSPS) is 10.1. The average Bonchev–Trinajstić information content (AvgIpc) is 2.28. The van der Waals surface area contributed by atoms with Crippen molar-refractivity contribution in [2.45, 2.75) is 40.8 Å². The SMILES string of the molecule is CC.CC.CCN(CCOC)CC(F)(F)F. The summed E-state index contributed by atoms with van der Waals surface area (Å²) < 4.78 is 40.2. The minimum atomic E-state index is -4.11. The lowest BCUT2D eigenvalue weighted by Gasteiger charge is -2.21. The van der Waals surface area contributed by atoms with Crippen molar-refractivity contribution in [1.82, 2.24) is 4.90 Å². The van der Waals surface area contributed by atoms with Crippen molar-refractivity contribution in [2.75, 3.05) is 33.4 Å². The lowest BCUT2D eigenvalue weighted by molar-refractivity contribution is -0.146. The van der Waals surface area contributed by atoms with Crippen molar-refractivity contribution in [1.29, 1.82) is 0 Å². The summed E-state index contributed by atoms with van der Waals surface area (Å²) in [6, 6.07) is 0. The monoisotopic (exact) mass is 245 g/mol. The Labute approximate surface area is 97.8 Å². The van der Waals surface area contributed by atoms with Crippen LogP contribution in [0.4, 0.5) is 13.2 Å². The summed E-state index contributed by atoms with van der Waals surface area (Å²) in [5.41, 5.74) is 0. The van der Waals surface area contributed by atoms with Crippen LogP contribution in [-0.2, 0) is 4.74 Å². The third-order valence-electron chi connectivity index (χ3n) is 1.46. The third-order valence-corrected chi connectivity index (χ3v) is 1.46. The van der Waals surface area contributed by atoms with Crippen molar-refractivity contribution in [3.63, 3.8) is 0 Å². The molecule has 0 aliphatic heterocycles. The minimum absolute atomic E-state index is 0.326. The van der Waals surface area contributed by atoms with Crippen molar-refractivity contribution < 1.29 is 17.9 Å². The van der Waals surface area contributed by atoms with Gasteiger partial charge in [0.25, 0.3) is 0 Å². The maximum absolute atomic E-state index is 11.8. The maximum Gasteiger partial charge on any atom is 0.401 e. The molecule has 0 aromatic heterocycles. The molecule has 0 aromatic carbocycles. The molecular weight excluding hydrogens is 219 g/mol. The van der Waals surface area contributed by atoms with E-state index in [9.17, 15) is 13.2 Å². The van der Waals surface area contributed by atoms with E-state index in [0.717, 1.165) is 0 Å². The molecule has 0 heterocycles. The van der Waals surface area contributed by atoms with Gasteiger partial charge in [0.15, 0.2) is 0 Å². The molecule has 2 nitrogen and oxygen atoms in total. The number of likely N-dealkylation sites (N-methyl/N-ethyl adjacent to an activating group) is 1. The van der Waals surface area contributed by atoms with Crippen LogP contribution < -0.4 is 0 Å². The van der Waals surface area contributed by atoms with E-state index in [1.54, 1.807) is 6.92 Å². The van der Waals surface area contributed by atoms with Gasteiger partial charge in [-0.25, -0.2) is 0 Å². The van der Waals surface area contributed by atoms with Gasteiger partial charge in [0.1, 0.15) is 0 Å². The number of halogens is 3. The highest BCUT2D eigenvalue weighted by atomic mass is 19.4. The zero-order chi connectivity index (χ0) is 13.6. The summed E-state index contributed by atoms with van der Waals surface area (Å²) in [4.78, 5) is 1.30. The zero-order valence-electron chi connectivity index (χ0n) is 11.3. The molecule has 0 N–H and O–H groups in total. The number of alkyl halides is 3. The maximum atomic E-state index is 11.8. The largest absolute Gasteiger partial charge is 0.401 e. The molecular formula is C11H26F3NO. The van der Waals surface area contributed by atoms with E-state index in [-0.39, 0.29) is 0 Å². The number of methoxy groups -OCH3 is 1. The first-order valence-electron chi connectivity index (χ1n) is 5.77. The molecule has 0 atom stereocenters. The smallest absolute Gasteiger partial charge is 0.383 e. The molecule has 102 valence electrons. The fraction of sp³-hybridized carbons (Fsp3) is 1.00. The molecule has 0 saturated carbocycles. The second kappa shape index (κ2) is 14.7. The van der Waals surface area contributed by atoms with Gasteiger partial charge in [0, 0.05) is 13.7 Å². The second-order valence-corrected chi connectivity index (χ2v) is 2.48. The first-order chi connectivity index (χ1) is 7.49. The highest BCUT2D eigenvalue weighted by Crippen LogP contribution is 2.15. The Morgan fingerprint density at radius 2 is 1.50 bits per heavy atom. The van der Waals surface area contributed by atoms with Gasteiger partial charge in [0.05, 0.1) is 13.2 Å². The van der Waals surface area contributed by atoms with E-state index in [0.29, 0.717) is 19.7 Å². The summed E-state index contributed by atoms with van der Waals surface area (Å²) in [5.74, 6) is 0. The van der Waals surface area contributed by atoms with Crippen LogP contribution in [0, 0.1) is 0 Å². The van der Waals surface area contributed by atoms with Crippen molar-refractivity contribution in [2.24, 2.45) is 0 Å². The summed E-state index contributed by atoms with van der Waals surface area (Å²) >= 11 is 0. The summed E-state index contributed by atoms with van der Waals surface area (Å²) in [6.07, 6.45) is -4.11. The van der Waals surface area contributed by atoms with Crippen LogP contribution in [0.3, 0.4) is 0 Å². The average molecular weight is 245 g/mol. The van der Waals surface area contributed by atoms with Gasteiger partial charge in [0.2, 0.25) is 0 Å². The van der Waals surface area contributed by atoms with E-state index < -0.39 is 12.7 Å². The minimum Gasteiger partial charge on any atom is -0.383 e. The Hall–Kier alpha value is -0.290. The lowest BCUT2D eigenvalue weighted by atomic mass is 10.4. The van der Waals surface area contributed by atoms with Crippen molar-refractivity contribution in [3.05, 3.63) is 0 Å². The number of nitrogens with zero attached hydrogens (tertiary/aromatic N) is 1. The highest BCUT2D eigenvalue weighted by Gasteiger charge is 2.29. The van der Waals surface area contributed by atoms with Crippen LogP contribution in [0.1, 0.15) is 34.6 Å². The van der Waals surface area contributed by atoms with E-state index >= 15 is 0 Å². The molecule has 0 spiro atoms. The van der Waals surface area contributed by atoms with Crippen molar-refractivity contribution >= 4 is 0 Å². The Morgan fingerprint density at radius 1 is 1.06 bits per heavy atom. The zero-order valence-corrected chi connectivity index (χ0v) is 11.3. The van der Waals surface area contributed by atoms with Gasteiger partial charge in [-0.3, -0.25) is 4.90 Å².